The Morgan fingerprint density at radius 2 is 2.12 bits per heavy atom. The zero-order chi connectivity index (χ0) is 12.5. The van der Waals surface area contributed by atoms with E-state index in [9.17, 15) is 4.79 Å². The molecule has 1 saturated carbocycles. The van der Waals surface area contributed by atoms with Crippen molar-refractivity contribution in [3.8, 4) is 0 Å². The van der Waals surface area contributed by atoms with Gasteiger partial charge in [-0.2, -0.15) is 0 Å². The van der Waals surface area contributed by atoms with E-state index in [1.165, 1.54) is 38.5 Å². The van der Waals surface area contributed by atoms with Gasteiger partial charge in [-0.15, -0.1) is 0 Å². The molecule has 100 valence electrons. The maximum Gasteiger partial charge on any atom is 0.220 e. The van der Waals surface area contributed by atoms with Gasteiger partial charge in [0.2, 0.25) is 5.91 Å². The molecule has 0 aromatic carbocycles. The average molecular weight is 240 g/mol. The van der Waals surface area contributed by atoms with Gasteiger partial charge < -0.3 is 10.6 Å². The molecule has 1 unspecified atom stereocenters. The molecule has 0 aromatic heterocycles. The summed E-state index contributed by atoms with van der Waals surface area (Å²) in [6.45, 7) is 3.14. The Labute approximate surface area is 106 Å². The quantitative estimate of drug-likeness (QED) is 0.608. The number of carbonyl (C=O) groups excluding carboxylic acids is 1. The number of nitrogens with one attached hydrogen (secondary N) is 2. The maximum absolute atomic E-state index is 11.8. The molecule has 17 heavy (non-hydrogen) atoms. The van der Waals surface area contributed by atoms with E-state index in [0.29, 0.717) is 12.5 Å². The van der Waals surface area contributed by atoms with Gasteiger partial charge in [-0.25, -0.2) is 0 Å². The molecule has 1 atom stereocenters. The molecule has 0 bridgehead atoms. The van der Waals surface area contributed by atoms with Crippen molar-refractivity contribution in [2.45, 2.75) is 64.3 Å². The minimum Gasteiger partial charge on any atom is -0.353 e. The summed E-state index contributed by atoms with van der Waals surface area (Å²) in [4.78, 5) is 11.8. The molecule has 0 radical (unpaired) electrons. The lowest BCUT2D eigenvalue weighted by atomic mass is 9.78. The SMILES string of the molecule is CCCCC(NC(=O)CCCNC)C1CCC1. The predicted octanol–water partition coefficient (Wildman–Crippen LogP) is 2.46. The highest BCUT2D eigenvalue weighted by Crippen LogP contribution is 2.31. The highest BCUT2D eigenvalue weighted by atomic mass is 16.1. The molecule has 0 aliphatic heterocycles. The maximum atomic E-state index is 11.8. The van der Waals surface area contributed by atoms with Gasteiger partial charge in [0.05, 0.1) is 0 Å². The minimum absolute atomic E-state index is 0.244. The van der Waals surface area contributed by atoms with E-state index < -0.39 is 0 Å². The van der Waals surface area contributed by atoms with Crippen LogP contribution in [-0.2, 0) is 4.79 Å². The number of hydrogen-bond acceptors (Lipinski definition) is 2. The van der Waals surface area contributed by atoms with E-state index in [2.05, 4.69) is 17.6 Å². The third-order valence-electron chi connectivity index (χ3n) is 3.76. The fourth-order valence-corrected chi connectivity index (χ4v) is 2.40. The fraction of sp³-hybridized carbons (Fsp3) is 0.929. The van der Waals surface area contributed by atoms with Crippen LogP contribution in [0.1, 0.15) is 58.3 Å². The minimum atomic E-state index is 0.244. The van der Waals surface area contributed by atoms with Gasteiger partial charge in [0, 0.05) is 12.5 Å². The van der Waals surface area contributed by atoms with Crippen molar-refractivity contribution in [3.63, 3.8) is 0 Å². The summed E-state index contributed by atoms with van der Waals surface area (Å²) in [5, 5.41) is 6.32. The molecule has 3 nitrogen and oxygen atoms in total. The lowest BCUT2D eigenvalue weighted by Gasteiger charge is -2.34. The summed E-state index contributed by atoms with van der Waals surface area (Å²) in [7, 11) is 1.93. The van der Waals surface area contributed by atoms with Crippen LogP contribution in [0.2, 0.25) is 0 Å². The van der Waals surface area contributed by atoms with Gasteiger partial charge in [-0.3, -0.25) is 4.79 Å². The summed E-state index contributed by atoms with van der Waals surface area (Å²) >= 11 is 0. The van der Waals surface area contributed by atoms with E-state index in [-0.39, 0.29) is 5.91 Å². The molecule has 1 rings (SSSR count). The lowest BCUT2D eigenvalue weighted by molar-refractivity contribution is -0.122. The Hall–Kier alpha value is -0.570. The smallest absolute Gasteiger partial charge is 0.220 e. The summed E-state index contributed by atoms with van der Waals surface area (Å²) in [6.07, 6.45) is 9.19. The molecule has 0 saturated heterocycles. The highest BCUT2D eigenvalue weighted by molar-refractivity contribution is 5.76. The van der Waals surface area contributed by atoms with Crippen LogP contribution in [0.25, 0.3) is 0 Å². The van der Waals surface area contributed by atoms with Crippen molar-refractivity contribution < 1.29 is 4.79 Å². The van der Waals surface area contributed by atoms with Gasteiger partial charge >= 0.3 is 0 Å². The predicted molar refractivity (Wildman–Crippen MR) is 72.0 cm³/mol. The first kappa shape index (κ1) is 14.5. The molecule has 1 amide bonds. The Bertz CT molecular complexity index is 214. The number of rotatable bonds is 9. The average Bonchev–Trinajstić information content (AvgIpc) is 2.23. The van der Waals surface area contributed by atoms with E-state index in [1.807, 2.05) is 7.05 Å². The Morgan fingerprint density at radius 3 is 2.65 bits per heavy atom. The first-order valence-corrected chi connectivity index (χ1v) is 7.22. The zero-order valence-corrected chi connectivity index (χ0v) is 11.4. The van der Waals surface area contributed by atoms with Crippen LogP contribution in [0.15, 0.2) is 0 Å². The first-order valence-electron chi connectivity index (χ1n) is 7.22. The monoisotopic (exact) mass is 240 g/mol. The van der Waals surface area contributed by atoms with Crippen LogP contribution < -0.4 is 10.6 Å². The van der Waals surface area contributed by atoms with E-state index >= 15 is 0 Å². The van der Waals surface area contributed by atoms with E-state index in [0.717, 1.165) is 18.9 Å². The van der Waals surface area contributed by atoms with Crippen LogP contribution in [0, 0.1) is 5.92 Å². The summed E-state index contributed by atoms with van der Waals surface area (Å²) in [5.74, 6) is 1.00. The van der Waals surface area contributed by atoms with Crippen LogP contribution >= 0.6 is 0 Å². The highest BCUT2D eigenvalue weighted by Gasteiger charge is 2.27. The van der Waals surface area contributed by atoms with Crippen molar-refractivity contribution >= 4 is 5.91 Å². The van der Waals surface area contributed by atoms with Crippen LogP contribution in [0.5, 0.6) is 0 Å². The number of amides is 1. The third kappa shape index (κ3) is 5.53. The second-order valence-electron chi connectivity index (χ2n) is 5.21. The molecule has 3 heteroatoms. The lowest BCUT2D eigenvalue weighted by Crippen LogP contribution is -2.42. The molecule has 0 heterocycles. The number of unbranched alkanes of at least 4 members (excludes halogenated alkanes) is 1. The van der Waals surface area contributed by atoms with Gasteiger partial charge in [-0.05, 0) is 45.2 Å². The third-order valence-corrected chi connectivity index (χ3v) is 3.76. The summed E-state index contributed by atoms with van der Waals surface area (Å²) in [6, 6.07) is 0.450. The topological polar surface area (TPSA) is 41.1 Å². The molecule has 1 aliphatic carbocycles. The molecular formula is C14H28N2O. The first-order chi connectivity index (χ1) is 8.27. The Kier molecular flexibility index (Phi) is 7.25. The van der Waals surface area contributed by atoms with E-state index in [1.54, 1.807) is 0 Å². The van der Waals surface area contributed by atoms with Gasteiger partial charge in [-0.1, -0.05) is 26.2 Å². The zero-order valence-electron chi connectivity index (χ0n) is 11.4. The standard InChI is InChI=1S/C14H28N2O/c1-3-4-9-13(12-7-5-8-12)16-14(17)10-6-11-15-2/h12-13,15H,3-11H2,1-2H3,(H,16,17). The fourth-order valence-electron chi connectivity index (χ4n) is 2.40. The normalized spacial score (nSPS) is 17.5. The van der Waals surface area contributed by atoms with Crippen LogP contribution in [-0.4, -0.2) is 25.5 Å². The Balaban J connectivity index is 2.23. The molecular weight excluding hydrogens is 212 g/mol. The molecule has 1 aliphatic rings. The Morgan fingerprint density at radius 1 is 1.35 bits per heavy atom. The molecule has 2 N–H and O–H groups in total. The molecule has 1 fully saturated rings. The van der Waals surface area contributed by atoms with Crippen molar-refractivity contribution in [2.24, 2.45) is 5.92 Å². The van der Waals surface area contributed by atoms with Crippen molar-refractivity contribution in [3.05, 3.63) is 0 Å². The van der Waals surface area contributed by atoms with Crippen molar-refractivity contribution in [1.82, 2.24) is 10.6 Å². The molecule has 0 spiro atoms. The van der Waals surface area contributed by atoms with Gasteiger partial charge in [0.25, 0.3) is 0 Å². The number of carbonyl (C=O) groups is 1. The molecule has 0 aromatic rings. The summed E-state index contributed by atoms with van der Waals surface area (Å²) in [5.41, 5.74) is 0. The second-order valence-corrected chi connectivity index (χ2v) is 5.21. The van der Waals surface area contributed by atoms with E-state index in [4.69, 9.17) is 0 Å². The largest absolute Gasteiger partial charge is 0.353 e. The van der Waals surface area contributed by atoms with Crippen LogP contribution in [0.3, 0.4) is 0 Å². The second kappa shape index (κ2) is 8.51. The summed E-state index contributed by atoms with van der Waals surface area (Å²) < 4.78 is 0. The van der Waals surface area contributed by atoms with Crippen LogP contribution in [0.4, 0.5) is 0 Å². The van der Waals surface area contributed by atoms with Gasteiger partial charge in [0.15, 0.2) is 0 Å². The van der Waals surface area contributed by atoms with Crippen molar-refractivity contribution in [1.29, 1.82) is 0 Å². The van der Waals surface area contributed by atoms with Gasteiger partial charge in [0.1, 0.15) is 0 Å². The van der Waals surface area contributed by atoms with Crippen molar-refractivity contribution in [2.75, 3.05) is 13.6 Å². The number of hydrogen-bond donors (Lipinski definition) is 2.